The molecule has 0 aliphatic heterocycles. The average Bonchev–Trinajstić information content (AvgIpc) is 2.13. The lowest BCUT2D eigenvalue weighted by Gasteiger charge is -2.24. The molecule has 4 nitrogen and oxygen atoms in total. The number of rotatable bonds is 4. The fraction of sp³-hybridized carbons (Fsp3) is 0.750. The molecule has 0 saturated heterocycles. The number of aliphatic hydroxyl groups excluding tert-OH is 1. The van der Waals surface area contributed by atoms with E-state index in [1.165, 1.54) is 0 Å². The monoisotopic (exact) mass is 307 g/mol. The van der Waals surface area contributed by atoms with Crippen LogP contribution in [-0.2, 0) is 4.74 Å². The molecule has 0 saturated carbocycles. The fourth-order valence-electron chi connectivity index (χ4n) is 1.09. The number of hydrogen-bond acceptors (Lipinski definition) is 3. The lowest BCUT2D eigenvalue weighted by Crippen LogP contribution is -2.40. The summed E-state index contributed by atoms with van der Waals surface area (Å²) in [6.07, 6.45) is 1.32. The summed E-state index contributed by atoms with van der Waals surface area (Å²) in [7, 11) is 0. The van der Waals surface area contributed by atoms with Gasteiger partial charge < -0.3 is 15.2 Å². The van der Waals surface area contributed by atoms with Crippen LogP contribution >= 0.6 is 15.9 Å². The summed E-state index contributed by atoms with van der Waals surface area (Å²) in [5, 5.41) is 11.7. The third kappa shape index (κ3) is 8.21. The van der Waals surface area contributed by atoms with Crippen molar-refractivity contribution in [2.24, 2.45) is 5.92 Å². The predicted molar refractivity (Wildman–Crippen MR) is 72.1 cm³/mol. The summed E-state index contributed by atoms with van der Waals surface area (Å²) >= 11 is 3.22. The van der Waals surface area contributed by atoms with Gasteiger partial charge in [0.1, 0.15) is 5.60 Å². The van der Waals surface area contributed by atoms with E-state index in [1.54, 1.807) is 6.08 Å². The number of alkyl carbamates (subject to hydrolysis) is 1. The Kier molecular flexibility index (Phi) is 6.78. The molecule has 1 amide bonds. The van der Waals surface area contributed by atoms with Gasteiger partial charge >= 0.3 is 6.09 Å². The molecule has 0 aromatic carbocycles. The van der Waals surface area contributed by atoms with Gasteiger partial charge in [-0.3, -0.25) is 0 Å². The van der Waals surface area contributed by atoms with Crippen LogP contribution in [0.4, 0.5) is 4.79 Å². The van der Waals surface area contributed by atoms with E-state index >= 15 is 0 Å². The van der Waals surface area contributed by atoms with Gasteiger partial charge in [0.15, 0.2) is 0 Å². The van der Waals surface area contributed by atoms with Crippen molar-refractivity contribution < 1.29 is 14.6 Å². The Morgan fingerprint density at radius 1 is 1.47 bits per heavy atom. The molecule has 0 rings (SSSR count). The van der Waals surface area contributed by atoms with Crippen molar-refractivity contribution in [1.29, 1.82) is 0 Å². The average molecular weight is 308 g/mol. The zero-order valence-electron chi connectivity index (χ0n) is 11.1. The summed E-state index contributed by atoms with van der Waals surface area (Å²) in [4.78, 5) is 11.6. The first kappa shape index (κ1) is 16.4. The van der Waals surface area contributed by atoms with Crippen molar-refractivity contribution in [3.8, 4) is 0 Å². The molecular formula is C12H22BrNO3. The smallest absolute Gasteiger partial charge is 0.408 e. The molecular weight excluding hydrogens is 286 g/mol. The lowest BCUT2D eigenvalue weighted by atomic mass is 10.0. The summed E-state index contributed by atoms with van der Waals surface area (Å²) in [6, 6.07) is -0.175. The van der Waals surface area contributed by atoms with E-state index in [1.807, 2.05) is 34.6 Å². The first-order chi connectivity index (χ1) is 7.65. The fourth-order valence-corrected chi connectivity index (χ4v) is 1.38. The van der Waals surface area contributed by atoms with Crippen molar-refractivity contribution in [3.63, 3.8) is 0 Å². The maximum atomic E-state index is 11.6. The largest absolute Gasteiger partial charge is 0.444 e. The lowest BCUT2D eigenvalue weighted by molar-refractivity contribution is 0.0503. The molecule has 2 N–H and O–H groups in total. The second kappa shape index (κ2) is 7.01. The minimum Gasteiger partial charge on any atom is -0.444 e. The number of halogens is 1. The van der Waals surface area contributed by atoms with Gasteiger partial charge in [-0.05, 0) is 32.8 Å². The quantitative estimate of drug-likeness (QED) is 0.839. The minimum absolute atomic E-state index is 0.0841. The third-order valence-electron chi connectivity index (χ3n) is 1.91. The maximum absolute atomic E-state index is 11.6. The normalized spacial score (nSPS) is 14.7. The Morgan fingerprint density at radius 3 is 2.35 bits per heavy atom. The van der Waals surface area contributed by atoms with Crippen LogP contribution in [0.3, 0.4) is 0 Å². The number of amides is 1. The van der Waals surface area contributed by atoms with Gasteiger partial charge in [-0.15, -0.1) is 0 Å². The van der Waals surface area contributed by atoms with Crippen molar-refractivity contribution >= 4 is 22.0 Å². The van der Waals surface area contributed by atoms with Crippen LogP contribution in [0.15, 0.2) is 10.6 Å². The van der Waals surface area contributed by atoms with Crippen LogP contribution in [0.2, 0.25) is 0 Å². The van der Waals surface area contributed by atoms with Crippen molar-refractivity contribution in [2.75, 3.05) is 6.61 Å². The molecule has 0 heterocycles. The SMILES string of the molecule is CC(C)C(/C=C(/Br)CO)NC(=O)OC(C)(C)C. The molecule has 0 fully saturated rings. The number of carbonyl (C=O) groups is 1. The molecule has 0 aromatic rings. The third-order valence-corrected chi connectivity index (χ3v) is 2.43. The number of aliphatic hydroxyl groups is 1. The molecule has 17 heavy (non-hydrogen) atoms. The van der Waals surface area contributed by atoms with E-state index in [9.17, 15) is 4.79 Å². The van der Waals surface area contributed by atoms with Gasteiger partial charge in [0.2, 0.25) is 0 Å². The van der Waals surface area contributed by atoms with Gasteiger partial charge in [0, 0.05) is 4.48 Å². The number of hydrogen-bond donors (Lipinski definition) is 2. The van der Waals surface area contributed by atoms with Crippen molar-refractivity contribution in [2.45, 2.75) is 46.3 Å². The first-order valence-electron chi connectivity index (χ1n) is 5.62. The van der Waals surface area contributed by atoms with E-state index < -0.39 is 11.7 Å². The molecule has 0 bridgehead atoms. The molecule has 1 unspecified atom stereocenters. The number of nitrogens with one attached hydrogen (secondary N) is 1. The minimum atomic E-state index is -0.510. The van der Waals surface area contributed by atoms with E-state index in [0.29, 0.717) is 4.48 Å². The van der Waals surface area contributed by atoms with Crippen LogP contribution in [0.25, 0.3) is 0 Å². The Bertz CT molecular complexity index is 282. The zero-order chi connectivity index (χ0) is 13.6. The van der Waals surface area contributed by atoms with Crippen molar-refractivity contribution in [3.05, 3.63) is 10.6 Å². The van der Waals surface area contributed by atoms with Crippen LogP contribution in [0.5, 0.6) is 0 Å². The first-order valence-corrected chi connectivity index (χ1v) is 6.41. The van der Waals surface area contributed by atoms with E-state index in [4.69, 9.17) is 9.84 Å². The van der Waals surface area contributed by atoms with Gasteiger partial charge in [0.25, 0.3) is 0 Å². The molecule has 0 radical (unpaired) electrons. The number of ether oxygens (including phenoxy) is 1. The maximum Gasteiger partial charge on any atom is 0.408 e. The molecule has 100 valence electrons. The summed E-state index contributed by atoms with van der Waals surface area (Å²) < 4.78 is 5.82. The highest BCUT2D eigenvalue weighted by Gasteiger charge is 2.20. The van der Waals surface area contributed by atoms with Crippen molar-refractivity contribution in [1.82, 2.24) is 5.32 Å². The standard InChI is InChI=1S/C12H22BrNO3/c1-8(2)10(6-9(13)7-15)14-11(16)17-12(3,4)5/h6,8,10,15H,7H2,1-5H3,(H,14,16)/b9-6+. The second-order valence-electron chi connectivity index (χ2n) is 5.19. The van der Waals surface area contributed by atoms with Gasteiger partial charge in [0.05, 0.1) is 12.6 Å². The zero-order valence-corrected chi connectivity index (χ0v) is 12.7. The van der Waals surface area contributed by atoms with E-state index in [-0.39, 0.29) is 18.6 Å². The Labute approximate surface area is 112 Å². The van der Waals surface area contributed by atoms with Crippen LogP contribution in [-0.4, -0.2) is 29.4 Å². The van der Waals surface area contributed by atoms with E-state index in [0.717, 1.165) is 0 Å². The molecule has 0 aromatic heterocycles. The molecule has 0 spiro atoms. The van der Waals surface area contributed by atoms with Gasteiger partial charge in [-0.25, -0.2) is 4.79 Å². The molecule has 0 aliphatic carbocycles. The highest BCUT2D eigenvalue weighted by Crippen LogP contribution is 2.12. The Balaban J connectivity index is 4.52. The Morgan fingerprint density at radius 2 is 2.00 bits per heavy atom. The summed E-state index contributed by atoms with van der Waals surface area (Å²) in [5.41, 5.74) is -0.510. The van der Waals surface area contributed by atoms with Gasteiger partial charge in [-0.1, -0.05) is 29.8 Å². The summed E-state index contributed by atoms with van der Waals surface area (Å²) in [5.74, 6) is 0.210. The van der Waals surface area contributed by atoms with Crippen LogP contribution < -0.4 is 5.32 Å². The summed E-state index contributed by atoms with van der Waals surface area (Å²) in [6.45, 7) is 9.33. The van der Waals surface area contributed by atoms with Crippen LogP contribution in [0, 0.1) is 5.92 Å². The highest BCUT2D eigenvalue weighted by atomic mass is 79.9. The Hall–Kier alpha value is -0.550. The molecule has 0 aliphatic rings. The van der Waals surface area contributed by atoms with Crippen LogP contribution in [0.1, 0.15) is 34.6 Å². The highest BCUT2D eigenvalue weighted by molar-refractivity contribution is 9.11. The second-order valence-corrected chi connectivity index (χ2v) is 6.21. The molecule has 1 atom stereocenters. The predicted octanol–water partition coefficient (Wildman–Crippen LogP) is 2.81. The van der Waals surface area contributed by atoms with E-state index in [2.05, 4.69) is 21.2 Å². The van der Waals surface area contributed by atoms with Gasteiger partial charge in [-0.2, -0.15) is 0 Å². The molecule has 5 heteroatoms. The topological polar surface area (TPSA) is 58.6 Å². The number of carbonyl (C=O) groups excluding carboxylic acids is 1.